The van der Waals surface area contributed by atoms with E-state index in [4.69, 9.17) is 9.84 Å². The predicted octanol–water partition coefficient (Wildman–Crippen LogP) is 4.20. The monoisotopic (exact) mass is 534 g/mol. The first kappa shape index (κ1) is 29.8. The largest absolute Gasteiger partial charge is 0.465 e. The van der Waals surface area contributed by atoms with Crippen molar-refractivity contribution in [3.63, 3.8) is 0 Å². The van der Waals surface area contributed by atoms with Crippen molar-refractivity contribution in [2.24, 2.45) is 17.8 Å². The lowest BCUT2D eigenvalue weighted by molar-refractivity contribution is -0.154. The van der Waals surface area contributed by atoms with Gasteiger partial charge >= 0.3 is 5.97 Å². The Morgan fingerprint density at radius 1 is 1.19 bits per heavy atom. The van der Waals surface area contributed by atoms with Crippen LogP contribution in [0, 0.1) is 17.8 Å². The molecule has 0 radical (unpaired) electrons. The number of ether oxygens (including phenoxy) is 1. The summed E-state index contributed by atoms with van der Waals surface area (Å²) >= 11 is 1.70. The number of carbonyl (C=O) groups excluding carboxylic acids is 3. The van der Waals surface area contributed by atoms with Crippen LogP contribution < -0.4 is 0 Å². The summed E-state index contributed by atoms with van der Waals surface area (Å²) < 4.78 is 4.97. The van der Waals surface area contributed by atoms with Crippen molar-refractivity contribution in [1.29, 1.82) is 0 Å². The number of unbranched alkanes of at least 4 members (excludes halogenated alkanes) is 5. The number of esters is 1. The number of hydrogen-bond donors (Lipinski definition) is 1. The molecule has 3 saturated heterocycles. The van der Waals surface area contributed by atoms with Gasteiger partial charge in [0.1, 0.15) is 6.04 Å². The van der Waals surface area contributed by atoms with Crippen molar-refractivity contribution in [1.82, 2.24) is 9.80 Å². The molecule has 3 aliphatic heterocycles. The number of rotatable bonds is 17. The molecule has 3 heterocycles. The molecule has 2 amide bonds. The first-order valence-corrected chi connectivity index (χ1v) is 15.0. The van der Waals surface area contributed by atoms with Crippen LogP contribution in [0.2, 0.25) is 0 Å². The van der Waals surface area contributed by atoms with Gasteiger partial charge < -0.3 is 19.6 Å². The minimum Gasteiger partial charge on any atom is -0.465 e. The molecule has 1 spiro atoms. The number of carbonyl (C=O) groups is 3. The van der Waals surface area contributed by atoms with Gasteiger partial charge in [-0.05, 0) is 38.0 Å². The summed E-state index contributed by atoms with van der Waals surface area (Å²) in [5.41, 5.74) is 0. The summed E-state index contributed by atoms with van der Waals surface area (Å²) in [6.07, 6.45) is 11.2. The molecule has 3 rings (SSSR count). The SMILES string of the molecule is C=CCCOC(=O)[C@@H]1[C@H]2C(=O)N(CCCCCCO)C(C(=O)N(CC=C)CCCCC)C23S[C@@H]1CC3C. The molecule has 8 heteroatoms. The maximum absolute atomic E-state index is 14.3. The molecule has 6 atom stereocenters. The van der Waals surface area contributed by atoms with Crippen LogP contribution in [-0.2, 0) is 19.1 Å². The lowest BCUT2D eigenvalue weighted by Gasteiger charge is -2.40. The lowest BCUT2D eigenvalue weighted by atomic mass is 9.66. The number of amides is 2. The topological polar surface area (TPSA) is 87.1 Å². The van der Waals surface area contributed by atoms with Crippen molar-refractivity contribution < 1.29 is 24.2 Å². The molecule has 0 saturated carbocycles. The Balaban J connectivity index is 1.93. The van der Waals surface area contributed by atoms with Gasteiger partial charge in [-0.1, -0.05) is 51.7 Å². The number of likely N-dealkylation sites (tertiary alicyclic amines) is 1. The Morgan fingerprint density at radius 2 is 1.95 bits per heavy atom. The van der Waals surface area contributed by atoms with Gasteiger partial charge in [0, 0.05) is 31.5 Å². The lowest BCUT2D eigenvalue weighted by Crippen LogP contribution is -2.57. The van der Waals surface area contributed by atoms with Gasteiger partial charge in [-0.15, -0.1) is 24.9 Å². The Labute approximate surface area is 227 Å². The Bertz CT molecular complexity index is 835. The third-order valence-electron chi connectivity index (χ3n) is 8.32. The quantitative estimate of drug-likeness (QED) is 0.171. The fourth-order valence-corrected chi connectivity index (χ4v) is 8.97. The molecule has 7 nitrogen and oxygen atoms in total. The van der Waals surface area contributed by atoms with E-state index >= 15 is 0 Å². The fraction of sp³-hybridized carbons (Fsp3) is 0.759. The Kier molecular flexibility index (Phi) is 11.1. The molecule has 208 valence electrons. The highest BCUT2D eigenvalue weighted by molar-refractivity contribution is 8.02. The minimum atomic E-state index is -0.615. The second kappa shape index (κ2) is 13.8. The normalized spacial score (nSPS) is 29.9. The highest BCUT2D eigenvalue weighted by atomic mass is 32.2. The van der Waals surface area contributed by atoms with Gasteiger partial charge in [0.25, 0.3) is 0 Å². The van der Waals surface area contributed by atoms with Gasteiger partial charge in [0.15, 0.2) is 0 Å². The van der Waals surface area contributed by atoms with E-state index in [2.05, 4.69) is 27.0 Å². The predicted molar refractivity (Wildman–Crippen MR) is 148 cm³/mol. The maximum atomic E-state index is 14.3. The summed E-state index contributed by atoms with van der Waals surface area (Å²) in [4.78, 5) is 45.3. The van der Waals surface area contributed by atoms with E-state index in [1.54, 1.807) is 28.8 Å². The van der Waals surface area contributed by atoms with Crippen LogP contribution in [0.15, 0.2) is 25.3 Å². The van der Waals surface area contributed by atoms with Crippen LogP contribution in [0.1, 0.15) is 71.6 Å². The zero-order valence-corrected chi connectivity index (χ0v) is 23.6. The van der Waals surface area contributed by atoms with E-state index < -0.39 is 22.6 Å². The third kappa shape index (κ3) is 5.95. The number of fused-ring (bicyclic) bond motifs is 1. The maximum Gasteiger partial charge on any atom is 0.310 e. The van der Waals surface area contributed by atoms with Crippen LogP contribution in [0.25, 0.3) is 0 Å². The molecule has 37 heavy (non-hydrogen) atoms. The molecule has 3 unspecified atom stereocenters. The molecule has 0 aromatic heterocycles. The van der Waals surface area contributed by atoms with Crippen molar-refractivity contribution in [3.8, 4) is 0 Å². The third-order valence-corrected chi connectivity index (χ3v) is 10.4. The molecule has 3 fully saturated rings. The first-order valence-electron chi connectivity index (χ1n) is 14.1. The zero-order valence-electron chi connectivity index (χ0n) is 22.7. The summed E-state index contributed by atoms with van der Waals surface area (Å²) in [6.45, 7) is 13.9. The standard InChI is InChI=1S/C29H46N2O5S/c1-5-8-12-16-30(15-7-3)27(34)25-29-21(4)20-22(37-29)23(28(35)36-19-9-6-2)24(29)26(33)31(25)17-13-10-11-14-18-32/h6-7,21-25,32H,2-3,5,8-20H2,1,4H3/t21?,22-,23+,24+,25?,29?/m1/s1. The van der Waals surface area contributed by atoms with Gasteiger partial charge in [-0.2, -0.15) is 0 Å². The van der Waals surface area contributed by atoms with Crippen molar-refractivity contribution in [2.45, 2.75) is 87.7 Å². The Hall–Kier alpha value is -1.80. The summed E-state index contributed by atoms with van der Waals surface area (Å²) in [5, 5.41) is 9.12. The van der Waals surface area contributed by atoms with E-state index in [1.165, 1.54) is 0 Å². The molecule has 0 aliphatic carbocycles. The van der Waals surface area contributed by atoms with Gasteiger partial charge in [-0.25, -0.2) is 0 Å². The van der Waals surface area contributed by atoms with Crippen molar-refractivity contribution in [2.75, 3.05) is 32.8 Å². The first-order chi connectivity index (χ1) is 17.9. The molecular formula is C29H46N2O5S. The van der Waals surface area contributed by atoms with Crippen LogP contribution >= 0.6 is 11.8 Å². The number of aliphatic hydroxyl groups excluding tert-OH is 1. The molecule has 0 aromatic carbocycles. The van der Waals surface area contributed by atoms with Gasteiger partial charge in [0.2, 0.25) is 11.8 Å². The van der Waals surface area contributed by atoms with E-state index in [0.29, 0.717) is 26.1 Å². The second-order valence-corrected chi connectivity index (χ2v) is 12.3. The van der Waals surface area contributed by atoms with Crippen molar-refractivity contribution >= 4 is 29.5 Å². The van der Waals surface area contributed by atoms with Crippen LogP contribution in [0.4, 0.5) is 0 Å². The molecule has 3 aliphatic rings. The molecule has 0 aromatic rings. The van der Waals surface area contributed by atoms with E-state index in [1.807, 2.05) is 4.90 Å². The smallest absolute Gasteiger partial charge is 0.310 e. The number of aliphatic hydroxyl groups is 1. The highest BCUT2D eigenvalue weighted by Gasteiger charge is 2.76. The van der Waals surface area contributed by atoms with Crippen molar-refractivity contribution in [3.05, 3.63) is 25.3 Å². The molecule has 1 N–H and O–H groups in total. The Morgan fingerprint density at radius 3 is 2.62 bits per heavy atom. The highest BCUT2D eigenvalue weighted by Crippen LogP contribution is 2.68. The van der Waals surface area contributed by atoms with E-state index in [-0.39, 0.29) is 42.2 Å². The average Bonchev–Trinajstić information content (AvgIpc) is 3.47. The van der Waals surface area contributed by atoms with Gasteiger partial charge in [0.05, 0.1) is 23.2 Å². The van der Waals surface area contributed by atoms with Crippen LogP contribution in [0.3, 0.4) is 0 Å². The van der Waals surface area contributed by atoms with Gasteiger partial charge in [-0.3, -0.25) is 14.4 Å². The number of thioether (sulfide) groups is 1. The average molecular weight is 535 g/mol. The fourth-order valence-electron chi connectivity index (χ4n) is 6.57. The summed E-state index contributed by atoms with van der Waals surface area (Å²) in [5.74, 6) is -1.30. The summed E-state index contributed by atoms with van der Waals surface area (Å²) in [7, 11) is 0. The second-order valence-electron chi connectivity index (χ2n) is 10.7. The zero-order chi connectivity index (χ0) is 27.0. The number of nitrogens with zero attached hydrogens (tertiary/aromatic N) is 2. The molecular weight excluding hydrogens is 488 g/mol. The summed E-state index contributed by atoms with van der Waals surface area (Å²) in [6, 6.07) is -0.583. The van der Waals surface area contributed by atoms with E-state index in [0.717, 1.165) is 51.4 Å². The number of hydrogen-bond acceptors (Lipinski definition) is 6. The van der Waals surface area contributed by atoms with E-state index in [9.17, 15) is 14.4 Å². The van der Waals surface area contributed by atoms with Crippen LogP contribution in [0.5, 0.6) is 0 Å². The minimum absolute atomic E-state index is 0.00451. The molecule has 2 bridgehead atoms. The van der Waals surface area contributed by atoms with Crippen LogP contribution in [-0.4, -0.2) is 81.6 Å².